The van der Waals surface area contributed by atoms with Crippen molar-refractivity contribution < 1.29 is 4.74 Å². The monoisotopic (exact) mass is 374 g/mol. The Morgan fingerprint density at radius 3 is 2.56 bits per heavy atom. The molecule has 3 heterocycles. The fraction of sp³-hybridized carbons (Fsp3) is 0.333. The van der Waals surface area contributed by atoms with E-state index < -0.39 is 0 Å². The van der Waals surface area contributed by atoms with E-state index in [0.717, 1.165) is 53.7 Å². The molecular weight excluding hydrogens is 356 g/mol. The molecule has 0 amide bonds. The Balaban J connectivity index is 1.58. The molecule has 0 unspecified atom stereocenters. The molecule has 130 valence electrons. The first-order chi connectivity index (χ1) is 12.2. The molecule has 0 N–H and O–H groups in total. The summed E-state index contributed by atoms with van der Waals surface area (Å²) in [5.41, 5.74) is 1.14. The molecular formula is C18H19ClN4OS. The number of nitrogens with zero attached hydrogens (tertiary/aromatic N) is 4. The second-order valence-corrected chi connectivity index (χ2v) is 7.61. The Kier molecular flexibility index (Phi) is 4.39. The maximum atomic E-state index is 6.15. The normalized spacial score (nSPS) is 15.0. The Morgan fingerprint density at radius 2 is 1.80 bits per heavy atom. The van der Waals surface area contributed by atoms with Crippen molar-refractivity contribution in [1.29, 1.82) is 0 Å². The Morgan fingerprint density at radius 1 is 1.08 bits per heavy atom. The zero-order valence-electron chi connectivity index (χ0n) is 14.2. The summed E-state index contributed by atoms with van der Waals surface area (Å²) in [6.07, 6.45) is 0. The van der Waals surface area contributed by atoms with E-state index in [1.807, 2.05) is 18.2 Å². The predicted octanol–water partition coefficient (Wildman–Crippen LogP) is 3.99. The third-order valence-electron chi connectivity index (χ3n) is 4.47. The first-order valence-corrected chi connectivity index (χ1v) is 9.42. The van der Waals surface area contributed by atoms with Crippen LogP contribution in [0.4, 0.5) is 11.5 Å². The molecule has 0 aliphatic carbocycles. The van der Waals surface area contributed by atoms with E-state index in [4.69, 9.17) is 16.3 Å². The van der Waals surface area contributed by atoms with Gasteiger partial charge < -0.3 is 14.5 Å². The highest BCUT2D eigenvalue weighted by molar-refractivity contribution is 7.18. The highest BCUT2D eigenvalue weighted by Gasteiger charge is 2.23. The number of hydrogen-bond acceptors (Lipinski definition) is 6. The number of thiophene rings is 1. The van der Waals surface area contributed by atoms with Gasteiger partial charge in [-0.3, -0.25) is 0 Å². The lowest BCUT2D eigenvalue weighted by molar-refractivity contribution is 0.413. The van der Waals surface area contributed by atoms with Gasteiger partial charge in [0.25, 0.3) is 0 Å². The third-order valence-corrected chi connectivity index (χ3v) is 5.59. The Hall–Kier alpha value is -2.05. The summed E-state index contributed by atoms with van der Waals surface area (Å²) in [5.74, 6) is 1.86. The molecule has 1 aromatic carbocycles. The molecule has 7 heteroatoms. The first-order valence-electron chi connectivity index (χ1n) is 8.22. The summed E-state index contributed by atoms with van der Waals surface area (Å²) in [6, 6.07) is 10.3. The van der Waals surface area contributed by atoms with E-state index in [1.54, 1.807) is 18.4 Å². The molecule has 3 aromatic rings. The van der Waals surface area contributed by atoms with Gasteiger partial charge in [0.2, 0.25) is 5.28 Å². The molecule has 2 aromatic heterocycles. The largest absolute Gasteiger partial charge is 0.495 e. The first kappa shape index (κ1) is 16.4. The van der Waals surface area contributed by atoms with E-state index in [0.29, 0.717) is 5.28 Å². The van der Waals surface area contributed by atoms with Crippen LogP contribution in [0.25, 0.3) is 10.2 Å². The van der Waals surface area contributed by atoms with Crippen LogP contribution >= 0.6 is 22.9 Å². The van der Waals surface area contributed by atoms with Gasteiger partial charge >= 0.3 is 0 Å². The lowest BCUT2D eigenvalue weighted by atomic mass is 10.2. The van der Waals surface area contributed by atoms with Crippen LogP contribution in [-0.4, -0.2) is 43.3 Å². The van der Waals surface area contributed by atoms with E-state index in [9.17, 15) is 0 Å². The van der Waals surface area contributed by atoms with Gasteiger partial charge in [0.05, 0.1) is 18.2 Å². The van der Waals surface area contributed by atoms with Crippen molar-refractivity contribution in [3.63, 3.8) is 0 Å². The van der Waals surface area contributed by atoms with E-state index in [2.05, 4.69) is 38.8 Å². The van der Waals surface area contributed by atoms with Crippen molar-refractivity contribution in [3.05, 3.63) is 40.5 Å². The Bertz CT molecular complexity index is 905. The van der Waals surface area contributed by atoms with Crippen molar-refractivity contribution >= 4 is 44.7 Å². The zero-order valence-corrected chi connectivity index (χ0v) is 15.8. The number of rotatable bonds is 3. The van der Waals surface area contributed by atoms with Crippen molar-refractivity contribution in [3.8, 4) is 5.75 Å². The summed E-state index contributed by atoms with van der Waals surface area (Å²) >= 11 is 7.80. The number of aromatic nitrogens is 2. The van der Waals surface area contributed by atoms with Gasteiger partial charge in [0, 0.05) is 31.1 Å². The van der Waals surface area contributed by atoms with Gasteiger partial charge in [0.1, 0.15) is 16.4 Å². The molecule has 1 fully saturated rings. The lowest BCUT2D eigenvalue weighted by Gasteiger charge is -2.37. The van der Waals surface area contributed by atoms with E-state index in [1.165, 1.54) is 4.88 Å². The number of fused-ring (bicyclic) bond motifs is 1. The van der Waals surface area contributed by atoms with Crippen LogP contribution in [0.15, 0.2) is 30.3 Å². The third kappa shape index (κ3) is 3.12. The zero-order chi connectivity index (χ0) is 17.4. The maximum absolute atomic E-state index is 6.15. The van der Waals surface area contributed by atoms with Gasteiger partial charge in [0.15, 0.2) is 0 Å². The van der Waals surface area contributed by atoms with Crippen LogP contribution in [0.5, 0.6) is 5.75 Å². The molecule has 0 saturated carbocycles. The number of benzene rings is 1. The highest BCUT2D eigenvalue weighted by Crippen LogP contribution is 2.33. The molecule has 5 nitrogen and oxygen atoms in total. The second-order valence-electron chi connectivity index (χ2n) is 6.04. The molecule has 1 aliphatic rings. The number of piperazine rings is 1. The van der Waals surface area contributed by atoms with Crippen LogP contribution in [0.2, 0.25) is 5.28 Å². The van der Waals surface area contributed by atoms with Gasteiger partial charge in [-0.05, 0) is 36.7 Å². The number of methoxy groups -OCH3 is 1. The highest BCUT2D eigenvalue weighted by atomic mass is 35.5. The summed E-state index contributed by atoms with van der Waals surface area (Å²) in [7, 11) is 1.72. The van der Waals surface area contributed by atoms with Crippen LogP contribution in [0.3, 0.4) is 0 Å². The van der Waals surface area contributed by atoms with Crippen molar-refractivity contribution in [2.24, 2.45) is 0 Å². The van der Waals surface area contributed by atoms with Crippen LogP contribution in [0.1, 0.15) is 4.88 Å². The number of para-hydroxylation sites is 2. The molecule has 0 atom stereocenters. The number of halogens is 1. The fourth-order valence-electron chi connectivity index (χ4n) is 3.29. The lowest BCUT2D eigenvalue weighted by Crippen LogP contribution is -2.47. The van der Waals surface area contributed by atoms with Crippen LogP contribution in [0, 0.1) is 6.92 Å². The number of ether oxygens (including phenoxy) is 1. The maximum Gasteiger partial charge on any atom is 0.225 e. The fourth-order valence-corrected chi connectivity index (χ4v) is 4.38. The molecule has 4 rings (SSSR count). The minimum absolute atomic E-state index is 0.316. The molecule has 0 bridgehead atoms. The molecule has 25 heavy (non-hydrogen) atoms. The van der Waals surface area contributed by atoms with Crippen molar-refractivity contribution in [2.75, 3.05) is 43.1 Å². The van der Waals surface area contributed by atoms with Crippen LogP contribution < -0.4 is 14.5 Å². The number of anilines is 2. The Labute approximate surface area is 155 Å². The second kappa shape index (κ2) is 6.69. The topological polar surface area (TPSA) is 41.5 Å². The quantitative estimate of drug-likeness (QED) is 0.648. The number of aryl methyl sites for hydroxylation is 1. The molecule has 1 saturated heterocycles. The molecule has 0 spiro atoms. The minimum atomic E-state index is 0.316. The average Bonchev–Trinajstić information content (AvgIpc) is 3.01. The SMILES string of the molecule is COc1ccccc1N1CCN(c2nc(Cl)nc3sc(C)cc23)CC1. The van der Waals surface area contributed by atoms with E-state index >= 15 is 0 Å². The molecule has 1 aliphatic heterocycles. The number of hydrogen-bond donors (Lipinski definition) is 0. The standard InChI is InChI=1S/C18H19ClN4OS/c1-12-11-13-16(20-18(19)21-17(13)25-12)23-9-7-22(8-10-23)14-5-3-4-6-15(14)24-2/h3-6,11H,7-10H2,1-2H3. The summed E-state index contributed by atoms with van der Waals surface area (Å²) in [6.45, 7) is 5.67. The summed E-state index contributed by atoms with van der Waals surface area (Å²) in [5, 5.41) is 1.41. The van der Waals surface area contributed by atoms with Crippen molar-refractivity contribution in [1.82, 2.24) is 9.97 Å². The summed E-state index contributed by atoms with van der Waals surface area (Å²) in [4.78, 5) is 15.7. The van der Waals surface area contributed by atoms with Crippen molar-refractivity contribution in [2.45, 2.75) is 6.92 Å². The van der Waals surface area contributed by atoms with Crippen LogP contribution in [-0.2, 0) is 0 Å². The predicted molar refractivity (Wildman–Crippen MR) is 105 cm³/mol. The van der Waals surface area contributed by atoms with Gasteiger partial charge in [-0.25, -0.2) is 4.98 Å². The molecule has 0 radical (unpaired) electrons. The van der Waals surface area contributed by atoms with Gasteiger partial charge in [-0.2, -0.15) is 4.98 Å². The minimum Gasteiger partial charge on any atom is -0.495 e. The van der Waals surface area contributed by atoms with Gasteiger partial charge in [-0.1, -0.05) is 12.1 Å². The average molecular weight is 375 g/mol. The summed E-state index contributed by atoms with van der Waals surface area (Å²) < 4.78 is 5.49. The van der Waals surface area contributed by atoms with E-state index in [-0.39, 0.29) is 0 Å². The van der Waals surface area contributed by atoms with Gasteiger partial charge in [-0.15, -0.1) is 11.3 Å². The smallest absolute Gasteiger partial charge is 0.225 e.